The molecule has 3 rings (SSSR count). The van der Waals surface area contributed by atoms with Crippen LogP contribution < -0.4 is 15.4 Å². The van der Waals surface area contributed by atoms with Crippen molar-refractivity contribution >= 4 is 17.5 Å². The number of aromatic nitrogens is 2. The van der Waals surface area contributed by atoms with Gasteiger partial charge in [0.25, 0.3) is 0 Å². The van der Waals surface area contributed by atoms with Crippen molar-refractivity contribution in [1.82, 2.24) is 9.97 Å². The van der Waals surface area contributed by atoms with Crippen molar-refractivity contribution in [1.29, 1.82) is 0 Å². The van der Waals surface area contributed by atoms with Crippen LogP contribution in [0, 0.1) is 5.92 Å². The third-order valence-corrected chi connectivity index (χ3v) is 4.89. The van der Waals surface area contributed by atoms with Crippen LogP contribution >= 0.6 is 0 Å². The van der Waals surface area contributed by atoms with Crippen LogP contribution in [-0.4, -0.2) is 34.1 Å². The van der Waals surface area contributed by atoms with Crippen LogP contribution in [-0.2, 0) is 6.18 Å². The summed E-state index contributed by atoms with van der Waals surface area (Å²) in [7, 11) is 0. The Kier molecular flexibility index (Phi) is 7.73. The third kappa shape index (κ3) is 7.47. The highest BCUT2D eigenvalue weighted by Crippen LogP contribution is 2.32. The lowest BCUT2D eigenvalue weighted by Crippen LogP contribution is -2.30. The number of halogens is 6. The van der Waals surface area contributed by atoms with Crippen molar-refractivity contribution in [3.8, 4) is 17.0 Å². The van der Waals surface area contributed by atoms with Crippen LogP contribution in [0.2, 0.25) is 0 Å². The van der Waals surface area contributed by atoms with Gasteiger partial charge in [-0.1, -0.05) is 26.0 Å². The number of hydrogen-bond donors (Lipinski definition) is 3. The van der Waals surface area contributed by atoms with E-state index >= 15 is 0 Å². The van der Waals surface area contributed by atoms with E-state index in [0.717, 1.165) is 24.3 Å². The topological polar surface area (TPSA) is 79.3 Å². The largest absolute Gasteiger partial charge is 0.573 e. The van der Waals surface area contributed by atoms with E-state index in [-0.39, 0.29) is 35.5 Å². The van der Waals surface area contributed by atoms with E-state index in [1.54, 1.807) is 0 Å². The molecule has 1 atom stereocenters. The number of anilines is 3. The first kappa shape index (κ1) is 26.1. The van der Waals surface area contributed by atoms with Crippen molar-refractivity contribution in [2.75, 3.05) is 17.2 Å². The molecule has 0 saturated heterocycles. The first-order valence-corrected chi connectivity index (χ1v) is 10.4. The normalized spacial score (nSPS) is 13.0. The molecule has 0 aliphatic rings. The standard InChI is InChI=1S/C23H22F6N4O2/c1-13(2)19(12-34)32-21-31-18(14-4-3-5-17(10-14)35-23(27,28)29)11-20(33-21)30-16-8-6-15(7-9-16)22(24,25)26/h3-11,13,19,34H,12H2,1-2H3,(H2,30,31,32,33)/t19-/m1/s1. The predicted molar refractivity (Wildman–Crippen MR) is 118 cm³/mol. The van der Waals surface area contributed by atoms with E-state index in [0.29, 0.717) is 5.69 Å². The molecule has 0 saturated carbocycles. The number of aliphatic hydroxyl groups is 1. The summed E-state index contributed by atoms with van der Waals surface area (Å²) in [6.07, 6.45) is -9.37. The smallest absolute Gasteiger partial charge is 0.406 e. The highest BCUT2D eigenvalue weighted by Gasteiger charge is 2.31. The zero-order valence-electron chi connectivity index (χ0n) is 18.6. The van der Waals surface area contributed by atoms with Gasteiger partial charge in [-0.05, 0) is 42.3 Å². The molecule has 12 heteroatoms. The minimum atomic E-state index is -4.88. The number of hydrogen-bond acceptors (Lipinski definition) is 6. The monoisotopic (exact) mass is 500 g/mol. The number of alkyl halides is 6. The zero-order valence-corrected chi connectivity index (χ0v) is 18.6. The molecule has 0 fully saturated rings. The van der Waals surface area contributed by atoms with Crippen molar-refractivity contribution < 1.29 is 36.2 Å². The summed E-state index contributed by atoms with van der Waals surface area (Å²) in [6, 6.07) is 10.4. The van der Waals surface area contributed by atoms with Gasteiger partial charge in [-0.3, -0.25) is 0 Å². The van der Waals surface area contributed by atoms with Gasteiger partial charge in [0.05, 0.1) is 23.9 Å². The van der Waals surface area contributed by atoms with Gasteiger partial charge in [0.2, 0.25) is 5.95 Å². The molecule has 0 aliphatic heterocycles. The predicted octanol–water partition coefficient (Wildman–Crippen LogP) is 6.23. The van der Waals surface area contributed by atoms with Crippen molar-refractivity contribution in [2.45, 2.75) is 32.4 Å². The molecule has 1 heterocycles. The van der Waals surface area contributed by atoms with Gasteiger partial charge in [0.15, 0.2) is 0 Å². The first-order valence-electron chi connectivity index (χ1n) is 10.4. The van der Waals surface area contributed by atoms with E-state index in [1.807, 2.05) is 13.8 Å². The van der Waals surface area contributed by atoms with E-state index in [1.165, 1.54) is 30.3 Å². The van der Waals surface area contributed by atoms with E-state index < -0.39 is 29.9 Å². The molecule has 0 bridgehead atoms. The van der Waals surface area contributed by atoms with Crippen LogP contribution in [0.3, 0.4) is 0 Å². The number of aliphatic hydroxyl groups excluding tert-OH is 1. The summed E-state index contributed by atoms with van der Waals surface area (Å²) >= 11 is 0. The molecule has 3 N–H and O–H groups in total. The minimum absolute atomic E-state index is 0.0120. The molecule has 0 amide bonds. The summed E-state index contributed by atoms with van der Waals surface area (Å²) in [4.78, 5) is 8.64. The number of ether oxygens (including phenoxy) is 1. The highest BCUT2D eigenvalue weighted by atomic mass is 19.4. The molecule has 0 radical (unpaired) electrons. The number of nitrogens with zero attached hydrogens (tertiary/aromatic N) is 2. The molecular weight excluding hydrogens is 478 g/mol. The van der Waals surface area contributed by atoms with Gasteiger partial charge < -0.3 is 20.5 Å². The maximum Gasteiger partial charge on any atom is 0.573 e. The number of rotatable bonds is 8. The third-order valence-electron chi connectivity index (χ3n) is 4.89. The van der Waals surface area contributed by atoms with Gasteiger partial charge in [-0.2, -0.15) is 18.2 Å². The summed E-state index contributed by atoms with van der Waals surface area (Å²) in [5.41, 5.74) is -0.0361. The van der Waals surface area contributed by atoms with Gasteiger partial charge in [-0.25, -0.2) is 4.98 Å². The van der Waals surface area contributed by atoms with Crippen LogP contribution in [0.15, 0.2) is 54.6 Å². The zero-order chi connectivity index (χ0) is 25.8. The number of benzene rings is 2. The first-order chi connectivity index (χ1) is 16.3. The van der Waals surface area contributed by atoms with Crippen molar-refractivity contribution in [3.63, 3.8) is 0 Å². The molecule has 0 unspecified atom stereocenters. The lowest BCUT2D eigenvalue weighted by molar-refractivity contribution is -0.274. The molecule has 35 heavy (non-hydrogen) atoms. The van der Waals surface area contributed by atoms with Crippen LogP contribution in [0.1, 0.15) is 19.4 Å². The molecule has 0 spiro atoms. The second-order valence-electron chi connectivity index (χ2n) is 7.92. The van der Waals surface area contributed by atoms with E-state index in [9.17, 15) is 31.4 Å². The van der Waals surface area contributed by atoms with Gasteiger partial charge in [0.1, 0.15) is 11.6 Å². The lowest BCUT2D eigenvalue weighted by atomic mass is 10.1. The second kappa shape index (κ2) is 10.4. The van der Waals surface area contributed by atoms with Crippen LogP contribution in [0.4, 0.5) is 43.8 Å². The minimum Gasteiger partial charge on any atom is -0.406 e. The summed E-state index contributed by atoms with van der Waals surface area (Å²) in [5, 5.41) is 15.5. The summed E-state index contributed by atoms with van der Waals surface area (Å²) in [5.74, 6) is -0.232. The molecule has 6 nitrogen and oxygen atoms in total. The Labute approximate surface area is 197 Å². The molecule has 3 aromatic rings. The average molecular weight is 500 g/mol. The Balaban J connectivity index is 1.98. The van der Waals surface area contributed by atoms with E-state index in [2.05, 4.69) is 25.3 Å². The number of nitrogens with one attached hydrogen (secondary N) is 2. The maximum atomic E-state index is 12.8. The lowest BCUT2D eigenvalue weighted by Gasteiger charge is -2.21. The molecule has 2 aromatic carbocycles. The SMILES string of the molecule is CC(C)[C@@H](CO)Nc1nc(Nc2ccc(C(F)(F)F)cc2)cc(-c2cccc(OC(F)(F)F)c2)n1. The molecule has 188 valence electrons. The van der Waals surface area contributed by atoms with E-state index in [4.69, 9.17) is 0 Å². The second-order valence-corrected chi connectivity index (χ2v) is 7.92. The molecule has 1 aromatic heterocycles. The van der Waals surface area contributed by atoms with Crippen LogP contribution in [0.25, 0.3) is 11.3 Å². The maximum absolute atomic E-state index is 12.8. The van der Waals surface area contributed by atoms with Gasteiger partial charge in [-0.15, -0.1) is 13.2 Å². The Morgan fingerprint density at radius 3 is 2.20 bits per heavy atom. The van der Waals surface area contributed by atoms with Crippen LogP contribution in [0.5, 0.6) is 5.75 Å². The Hall–Kier alpha value is -3.54. The summed E-state index contributed by atoms with van der Waals surface area (Å²) < 4.78 is 80.4. The fraction of sp³-hybridized carbons (Fsp3) is 0.304. The Bertz CT molecular complexity index is 1130. The van der Waals surface area contributed by atoms with Gasteiger partial charge in [0, 0.05) is 17.3 Å². The highest BCUT2D eigenvalue weighted by molar-refractivity contribution is 5.68. The summed E-state index contributed by atoms with van der Waals surface area (Å²) in [6.45, 7) is 3.48. The average Bonchev–Trinajstić information content (AvgIpc) is 2.76. The van der Waals surface area contributed by atoms with Gasteiger partial charge >= 0.3 is 12.5 Å². The fourth-order valence-corrected chi connectivity index (χ4v) is 3.06. The molecular formula is C23H22F6N4O2. The van der Waals surface area contributed by atoms with Crippen molar-refractivity contribution in [3.05, 3.63) is 60.2 Å². The fourth-order valence-electron chi connectivity index (χ4n) is 3.06. The molecule has 0 aliphatic carbocycles. The Morgan fingerprint density at radius 2 is 1.63 bits per heavy atom. The van der Waals surface area contributed by atoms with Crippen molar-refractivity contribution in [2.24, 2.45) is 5.92 Å². The Morgan fingerprint density at radius 1 is 0.943 bits per heavy atom. The quantitative estimate of drug-likeness (QED) is 0.318.